The maximum atomic E-state index is 4.57. The van der Waals surface area contributed by atoms with Gasteiger partial charge in [-0.1, -0.05) is 18.3 Å². The van der Waals surface area contributed by atoms with E-state index in [9.17, 15) is 0 Å². The Kier molecular flexibility index (Phi) is 14.0. The molecule has 5 N–H and O–H groups in total. The SMILES string of the molecule is C=CCNC(=S)S.NN. The zero-order valence-corrected chi connectivity index (χ0v) is 6.71. The lowest BCUT2D eigenvalue weighted by atomic mass is 10.6. The number of rotatable bonds is 2. The van der Waals surface area contributed by atoms with Crippen LogP contribution < -0.4 is 17.0 Å². The third-order valence-corrected chi connectivity index (χ3v) is 0.700. The van der Waals surface area contributed by atoms with Crippen molar-refractivity contribution in [1.82, 2.24) is 5.32 Å². The second kappa shape index (κ2) is 10.8. The van der Waals surface area contributed by atoms with Crippen LogP contribution in [0.2, 0.25) is 0 Å². The van der Waals surface area contributed by atoms with Crippen LogP contribution in [0.15, 0.2) is 12.7 Å². The van der Waals surface area contributed by atoms with Gasteiger partial charge in [0.05, 0.1) is 0 Å². The van der Waals surface area contributed by atoms with Gasteiger partial charge in [-0.2, -0.15) is 0 Å². The third-order valence-electron chi connectivity index (χ3n) is 0.398. The number of thiocarbonyl (C=S) groups is 1. The summed E-state index contributed by atoms with van der Waals surface area (Å²) in [6.45, 7) is 4.17. The Morgan fingerprint density at radius 2 is 2.22 bits per heavy atom. The molecular weight excluding hydrogens is 154 g/mol. The minimum absolute atomic E-state index is 0.514. The van der Waals surface area contributed by atoms with Crippen molar-refractivity contribution in [2.45, 2.75) is 0 Å². The summed E-state index contributed by atoms with van der Waals surface area (Å²) in [5.41, 5.74) is 0. The summed E-state index contributed by atoms with van der Waals surface area (Å²) in [5, 5.41) is 2.77. The van der Waals surface area contributed by atoms with Gasteiger partial charge in [0.25, 0.3) is 0 Å². The van der Waals surface area contributed by atoms with Crippen LogP contribution in [0.1, 0.15) is 0 Å². The van der Waals surface area contributed by atoms with Crippen molar-refractivity contribution in [2.24, 2.45) is 11.7 Å². The van der Waals surface area contributed by atoms with Crippen molar-refractivity contribution in [3.63, 3.8) is 0 Å². The van der Waals surface area contributed by atoms with E-state index in [1.54, 1.807) is 6.08 Å². The second-order valence-corrected chi connectivity index (χ2v) is 2.13. The van der Waals surface area contributed by atoms with Crippen LogP contribution in [0.4, 0.5) is 0 Å². The lowest BCUT2D eigenvalue weighted by molar-refractivity contribution is 1.08. The van der Waals surface area contributed by atoms with Gasteiger partial charge in [-0.3, -0.25) is 11.7 Å². The number of hydrazine groups is 1. The molecule has 0 aromatic heterocycles. The molecule has 0 unspecified atom stereocenters. The maximum Gasteiger partial charge on any atom is 0.130 e. The van der Waals surface area contributed by atoms with Crippen LogP contribution in [0.5, 0.6) is 0 Å². The Morgan fingerprint density at radius 1 is 1.78 bits per heavy atom. The first-order valence-electron chi connectivity index (χ1n) is 2.18. The van der Waals surface area contributed by atoms with E-state index >= 15 is 0 Å². The predicted molar refractivity (Wildman–Crippen MR) is 48.2 cm³/mol. The highest BCUT2D eigenvalue weighted by molar-refractivity contribution is 8.11. The van der Waals surface area contributed by atoms with Crippen molar-refractivity contribution in [2.75, 3.05) is 6.54 Å². The van der Waals surface area contributed by atoms with Crippen LogP contribution in [-0.4, -0.2) is 10.9 Å². The standard InChI is InChI=1S/C4H7NS2.H4N2/c1-2-3-5-4(6)7;1-2/h2H,1,3H2,(H2,5,6,7);1-2H2. The van der Waals surface area contributed by atoms with Gasteiger partial charge < -0.3 is 5.32 Å². The minimum Gasteiger partial charge on any atom is -0.368 e. The average molecular weight is 165 g/mol. The van der Waals surface area contributed by atoms with Crippen LogP contribution >= 0.6 is 24.8 Å². The molecule has 54 valence electrons. The summed E-state index contributed by atoms with van der Waals surface area (Å²) in [5.74, 6) is 8.00. The number of thiol groups is 1. The van der Waals surface area contributed by atoms with Gasteiger partial charge >= 0.3 is 0 Å². The maximum absolute atomic E-state index is 4.57. The fraction of sp³-hybridized carbons (Fsp3) is 0.250. The highest BCUT2D eigenvalue weighted by atomic mass is 32.1. The topological polar surface area (TPSA) is 64.1 Å². The lowest BCUT2D eigenvalue weighted by Gasteiger charge is -1.93. The fourth-order valence-corrected chi connectivity index (χ4v) is 0.334. The fourth-order valence-electron chi connectivity index (χ4n) is 0.159. The van der Waals surface area contributed by atoms with Gasteiger partial charge in [0, 0.05) is 6.54 Å². The minimum atomic E-state index is 0.514. The first-order valence-corrected chi connectivity index (χ1v) is 3.04. The summed E-state index contributed by atoms with van der Waals surface area (Å²) >= 11 is 8.37. The molecule has 0 radical (unpaired) electrons. The van der Waals surface area contributed by atoms with Gasteiger partial charge in [-0.25, -0.2) is 0 Å². The van der Waals surface area contributed by atoms with Gasteiger partial charge in [-0.15, -0.1) is 19.2 Å². The predicted octanol–water partition coefficient (Wildman–Crippen LogP) is -0.205. The number of hydrogen-bond acceptors (Lipinski definition) is 3. The molecule has 0 heterocycles. The monoisotopic (exact) mass is 165 g/mol. The van der Waals surface area contributed by atoms with Gasteiger partial charge in [0.2, 0.25) is 0 Å². The van der Waals surface area contributed by atoms with Crippen molar-refractivity contribution < 1.29 is 0 Å². The summed E-state index contributed by atoms with van der Waals surface area (Å²) in [4.78, 5) is 0. The van der Waals surface area contributed by atoms with Crippen molar-refractivity contribution in [3.05, 3.63) is 12.7 Å². The summed E-state index contributed by atoms with van der Waals surface area (Å²) in [6, 6.07) is 0. The zero-order valence-electron chi connectivity index (χ0n) is 5.00. The van der Waals surface area contributed by atoms with Crippen molar-refractivity contribution >= 4 is 29.2 Å². The Hall–Kier alpha value is -0.100. The molecule has 0 aliphatic heterocycles. The first-order chi connectivity index (χ1) is 4.27. The van der Waals surface area contributed by atoms with Gasteiger partial charge in [-0.05, 0) is 0 Å². The van der Waals surface area contributed by atoms with Crippen LogP contribution in [0.25, 0.3) is 0 Å². The normalized spacial score (nSPS) is 6.56. The van der Waals surface area contributed by atoms with Crippen molar-refractivity contribution in [3.8, 4) is 0 Å². The van der Waals surface area contributed by atoms with E-state index in [2.05, 4.69) is 48.4 Å². The van der Waals surface area contributed by atoms with E-state index in [-0.39, 0.29) is 0 Å². The second-order valence-electron chi connectivity index (χ2n) is 0.975. The Labute approximate surface area is 65.9 Å². The summed E-state index contributed by atoms with van der Waals surface area (Å²) < 4.78 is 0.514. The Bertz CT molecular complexity index is 83.9. The molecule has 0 atom stereocenters. The van der Waals surface area contributed by atoms with E-state index in [4.69, 9.17) is 0 Å². The molecule has 0 amide bonds. The molecule has 5 heteroatoms. The summed E-state index contributed by atoms with van der Waals surface area (Å²) in [6.07, 6.45) is 1.72. The van der Waals surface area contributed by atoms with E-state index in [1.807, 2.05) is 0 Å². The highest BCUT2D eigenvalue weighted by Gasteiger charge is 1.77. The van der Waals surface area contributed by atoms with Crippen LogP contribution in [0.3, 0.4) is 0 Å². The molecule has 9 heavy (non-hydrogen) atoms. The molecule has 0 bridgehead atoms. The molecular formula is C4H11N3S2. The van der Waals surface area contributed by atoms with Crippen molar-refractivity contribution in [1.29, 1.82) is 0 Å². The molecule has 0 fully saturated rings. The van der Waals surface area contributed by atoms with Crippen LogP contribution in [-0.2, 0) is 0 Å². The molecule has 0 rings (SSSR count). The molecule has 0 aromatic rings. The van der Waals surface area contributed by atoms with E-state index < -0.39 is 0 Å². The smallest absolute Gasteiger partial charge is 0.130 e. The molecule has 3 nitrogen and oxygen atoms in total. The lowest BCUT2D eigenvalue weighted by Crippen LogP contribution is -2.14. The molecule has 0 aliphatic carbocycles. The average Bonchev–Trinajstić information content (AvgIpc) is 1.88. The summed E-state index contributed by atoms with van der Waals surface area (Å²) in [7, 11) is 0. The Morgan fingerprint density at radius 3 is 2.33 bits per heavy atom. The van der Waals surface area contributed by atoms with Gasteiger partial charge in [0.1, 0.15) is 4.32 Å². The van der Waals surface area contributed by atoms with Crippen LogP contribution in [0, 0.1) is 0 Å². The zero-order chi connectivity index (χ0) is 7.70. The molecule has 0 aromatic carbocycles. The largest absolute Gasteiger partial charge is 0.368 e. The highest BCUT2D eigenvalue weighted by Crippen LogP contribution is 1.74. The van der Waals surface area contributed by atoms with E-state index in [1.165, 1.54) is 0 Å². The molecule has 0 spiro atoms. The van der Waals surface area contributed by atoms with E-state index in [0.29, 0.717) is 10.9 Å². The first kappa shape index (κ1) is 11.7. The van der Waals surface area contributed by atoms with E-state index in [0.717, 1.165) is 0 Å². The molecule has 0 saturated heterocycles. The molecule has 0 saturated carbocycles. The quantitative estimate of drug-likeness (QED) is 0.150. The third kappa shape index (κ3) is 18.1. The Balaban J connectivity index is 0. The number of hydrogen-bond donors (Lipinski definition) is 4. The number of nitrogens with two attached hydrogens (primary N) is 2. The van der Waals surface area contributed by atoms with Gasteiger partial charge in [0.15, 0.2) is 0 Å². The number of nitrogens with one attached hydrogen (secondary N) is 1. The molecule has 0 aliphatic rings.